The van der Waals surface area contributed by atoms with Gasteiger partial charge in [0.1, 0.15) is 12.0 Å². The second kappa shape index (κ2) is 16.8. The number of benzene rings is 3. The van der Waals surface area contributed by atoms with Crippen LogP contribution >= 0.6 is 0 Å². The van der Waals surface area contributed by atoms with Crippen molar-refractivity contribution in [3.63, 3.8) is 0 Å². The van der Waals surface area contributed by atoms with E-state index in [2.05, 4.69) is 95.3 Å². The van der Waals surface area contributed by atoms with Crippen molar-refractivity contribution in [2.45, 2.75) is 103 Å². The van der Waals surface area contributed by atoms with Gasteiger partial charge in [-0.05, 0) is 64.2 Å². The largest absolute Gasteiger partial charge is 0.497 e. The van der Waals surface area contributed by atoms with Gasteiger partial charge in [-0.3, -0.25) is 0 Å². The lowest BCUT2D eigenvalue weighted by molar-refractivity contribution is -0.138. The summed E-state index contributed by atoms with van der Waals surface area (Å²) in [6.45, 7) is 12.3. The second-order valence-electron chi connectivity index (χ2n) is 14.1. The van der Waals surface area contributed by atoms with Crippen LogP contribution < -0.4 is 15.1 Å². The van der Waals surface area contributed by atoms with Gasteiger partial charge in [0, 0.05) is 19.4 Å². The number of aliphatic hydroxyl groups excluding tert-OH is 1. The Morgan fingerprint density at radius 2 is 1.50 bits per heavy atom. The molecule has 0 bridgehead atoms. The molecule has 6 atom stereocenters. The Hall–Kier alpha value is -2.81. The summed E-state index contributed by atoms with van der Waals surface area (Å²) in [7, 11) is -0.963. The number of rotatable bonds is 16. The number of carbonyl (C=O) groups excluding carboxylic acids is 1. The highest BCUT2D eigenvalue weighted by Crippen LogP contribution is 2.37. The molecule has 0 spiro atoms. The van der Waals surface area contributed by atoms with E-state index >= 15 is 0 Å². The third-order valence-electron chi connectivity index (χ3n) is 9.38. The molecule has 1 fully saturated rings. The first-order valence-electron chi connectivity index (χ1n) is 16.8. The summed E-state index contributed by atoms with van der Waals surface area (Å²) in [6, 6.07) is 29.3. The Morgan fingerprint density at radius 1 is 0.913 bits per heavy atom. The Labute approximate surface area is 277 Å². The Morgan fingerprint density at radius 3 is 2.04 bits per heavy atom. The number of ether oxygens (including phenoxy) is 3. The van der Waals surface area contributed by atoms with Crippen LogP contribution in [0.15, 0.2) is 84.9 Å². The van der Waals surface area contributed by atoms with Crippen LogP contribution in [0.25, 0.3) is 0 Å². The standard InChI is InChI=1S/C39H54O6Si/c1-29(27-44-46(39(3,4)5,36-13-9-7-10-14-36)37-15-11-8-12-16-37)23-30(2)38(41)26-35-25-34(24-33(45-35)21-22-40)43-28-31-17-19-32(42-6)20-18-31/h7-20,22,29-30,33-35,38,41H,21,23-28H2,1-6H3/t29-,30-,33+,34-,35+,38-/m0/s1. The second-order valence-corrected chi connectivity index (χ2v) is 18.4. The molecule has 0 aromatic heterocycles. The molecule has 1 N–H and O–H groups in total. The molecule has 0 amide bonds. The van der Waals surface area contributed by atoms with Crippen molar-refractivity contribution >= 4 is 25.0 Å². The fourth-order valence-corrected chi connectivity index (χ4v) is 11.6. The molecule has 1 aliphatic heterocycles. The van der Waals surface area contributed by atoms with E-state index in [9.17, 15) is 9.90 Å². The molecule has 3 aromatic rings. The predicted molar refractivity (Wildman–Crippen MR) is 187 cm³/mol. The topological polar surface area (TPSA) is 74.2 Å². The van der Waals surface area contributed by atoms with E-state index in [4.69, 9.17) is 18.6 Å². The van der Waals surface area contributed by atoms with E-state index < -0.39 is 14.4 Å². The van der Waals surface area contributed by atoms with Crippen molar-refractivity contribution in [3.8, 4) is 5.75 Å². The molecule has 0 unspecified atom stereocenters. The first kappa shape index (κ1) is 36.0. The van der Waals surface area contributed by atoms with Crippen molar-refractivity contribution in [1.29, 1.82) is 0 Å². The van der Waals surface area contributed by atoms with Gasteiger partial charge >= 0.3 is 0 Å². The zero-order valence-electron chi connectivity index (χ0n) is 28.6. The van der Waals surface area contributed by atoms with Crippen LogP contribution in [-0.2, 0) is 25.3 Å². The highest BCUT2D eigenvalue weighted by atomic mass is 28.4. The van der Waals surface area contributed by atoms with E-state index in [0.29, 0.717) is 38.9 Å². The van der Waals surface area contributed by atoms with Gasteiger partial charge in [0.25, 0.3) is 8.32 Å². The van der Waals surface area contributed by atoms with E-state index in [1.54, 1.807) is 7.11 Å². The zero-order valence-corrected chi connectivity index (χ0v) is 29.6. The quantitative estimate of drug-likeness (QED) is 0.138. The third kappa shape index (κ3) is 9.39. The average Bonchev–Trinajstić information content (AvgIpc) is 3.04. The van der Waals surface area contributed by atoms with Crippen LogP contribution in [0.2, 0.25) is 5.04 Å². The summed E-state index contributed by atoms with van der Waals surface area (Å²) < 4.78 is 25.0. The van der Waals surface area contributed by atoms with Crippen LogP contribution in [0.4, 0.5) is 0 Å². The van der Waals surface area contributed by atoms with Crippen molar-refractivity contribution in [2.75, 3.05) is 13.7 Å². The first-order valence-corrected chi connectivity index (χ1v) is 18.7. The van der Waals surface area contributed by atoms with Crippen molar-refractivity contribution < 1.29 is 28.5 Å². The molecule has 3 aromatic carbocycles. The predicted octanol–water partition coefficient (Wildman–Crippen LogP) is 6.71. The molecule has 1 saturated heterocycles. The van der Waals surface area contributed by atoms with Gasteiger partial charge in [-0.1, -0.05) is 107 Å². The molecule has 1 aliphatic rings. The molecule has 250 valence electrons. The first-order chi connectivity index (χ1) is 22.1. The number of methoxy groups -OCH3 is 1. The van der Waals surface area contributed by atoms with Crippen LogP contribution in [-0.4, -0.2) is 57.8 Å². The lowest BCUT2D eigenvalue weighted by Crippen LogP contribution is -2.66. The molecule has 7 heteroatoms. The van der Waals surface area contributed by atoms with Gasteiger partial charge in [-0.15, -0.1) is 0 Å². The smallest absolute Gasteiger partial charge is 0.261 e. The molecule has 0 saturated carbocycles. The van der Waals surface area contributed by atoms with E-state index in [1.807, 2.05) is 24.3 Å². The summed E-state index contributed by atoms with van der Waals surface area (Å²) >= 11 is 0. The minimum absolute atomic E-state index is 0.0351. The highest BCUT2D eigenvalue weighted by Gasteiger charge is 2.50. The maximum Gasteiger partial charge on any atom is 0.261 e. The minimum Gasteiger partial charge on any atom is -0.497 e. The highest BCUT2D eigenvalue weighted by molar-refractivity contribution is 6.99. The lowest BCUT2D eigenvalue weighted by Gasteiger charge is -2.43. The fourth-order valence-electron chi connectivity index (χ4n) is 6.94. The molecule has 0 aliphatic carbocycles. The van der Waals surface area contributed by atoms with Gasteiger partial charge in [-0.2, -0.15) is 0 Å². The Bertz CT molecular complexity index is 1270. The van der Waals surface area contributed by atoms with Crippen molar-refractivity contribution in [1.82, 2.24) is 0 Å². The SMILES string of the molecule is COc1ccc(CO[C@H]2C[C@@H](CC=O)O[C@@H](C[C@H](O)[C@@H](C)C[C@H](C)CO[Si](c3ccccc3)(c3ccccc3)C(C)(C)C)C2)cc1. The summed E-state index contributed by atoms with van der Waals surface area (Å²) in [5.41, 5.74) is 1.07. The fraction of sp³-hybridized carbons (Fsp3) is 0.513. The van der Waals surface area contributed by atoms with E-state index in [-0.39, 0.29) is 35.2 Å². The molecular formula is C39H54O6Si. The summed E-state index contributed by atoms with van der Waals surface area (Å²) in [5.74, 6) is 1.13. The molecule has 1 heterocycles. The zero-order chi connectivity index (χ0) is 33.2. The van der Waals surface area contributed by atoms with Gasteiger partial charge < -0.3 is 28.5 Å². The van der Waals surface area contributed by atoms with Crippen molar-refractivity contribution in [2.24, 2.45) is 11.8 Å². The van der Waals surface area contributed by atoms with E-state index in [1.165, 1.54) is 10.4 Å². The monoisotopic (exact) mass is 646 g/mol. The number of aldehydes is 1. The molecule has 46 heavy (non-hydrogen) atoms. The Kier molecular flexibility index (Phi) is 13.2. The van der Waals surface area contributed by atoms with Crippen LogP contribution in [0.3, 0.4) is 0 Å². The van der Waals surface area contributed by atoms with Crippen molar-refractivity contribution in [3.05, 3.63) is 90.5 Å². The average molecular weight is 647 g/mol. The van der Waals surface area contributed by atoms with Gasteiger partial charge in [0.05, 0.1) is 38.1 Å². The van der Waals surface area contributed by atoms with Crippen LogP contribution in [0.1, 0.15) is 72.3 Å². The molecule has 0 radical (unpaired) electrons. The summed E-state index contributed by atoms with van der Waals surface area (Å²) in [4.78, 5) is 11.4. The maximum atomic E-state index is 11.4. The van der Waals surface area contributed by atoms with Gasteiger partial charge in [0.15, 0.2) is 0 Å². The summed E-state index contributed by atoms with van der Waals surface area (Å²) in [6.07, 6.45) is 3.04. The normalized spacial score (nSPS) is 20.9. The molecule has 6 nitrogen and oxygen atoms in total. The molecule has 4 rings (SSSR count). The van der Waals surface area contributed by atoms with Gasteiger partial charge in [-0.25, -0.2) is 0 Å². The number of hydrogen-bond acceptors (Lipinski definition) is 6. The molecular weight excluding hydrogens is 593 g/mol. The maximum absolute atomic E-state index is 11.4. The number of hydrogen-bond donors (Lipinski definition) is 1. The minimum atomic E-state index is -2.62. The number of aliphatic hydroxyl groups is 1. The van der Waals surface area contributed by atoms with Crippen LogP contribution in [0.5, 0.6) is 5.75 Å². The van der Waals surface area contributed by atoms with Gasteiger partial charge in [0.2, 0.25) is 0 Å². The third-order valence-corrected chi connectivity index (χ3v) is 14.4. The number of carbonyl (C=O) groups is 1. The summed E-state index contributed by atoms with van der Waals surface area (Å²) in [5, 5.41) is 13.8. The van der Waals surface area contributed by atoms with Crippen LogP contribution in [0, 0.1) is 11.8 Å². The lowest BCUT2D eigenvalue weighted by atomic mass is 9.88. The van der Waals surface area contributed by atoms with E-state index in [0.717, 1.165) is 24.0 Å². The Balaban J connectivity index is 1.37.